The van der Waals surface area contributed by atoms with Crippen molar-refractivity contribution in [1.29, 1.82) is 5.26 Å². The average Bonchev–Trinajstić information content (AvgIpc) is 3.44. The molecule has 1 amide bonds. The topological polar surface area (TPSA) is 125 Å². The molecule has 2 saturated heterocycles. The molecule has 0 aromatic carbocycles. The van der Waals surface area contributed by atoms with E-state index in [2.05, 4.69) is 21.1 Å². The summed E-state index contributed by atoms with van der Waals surface area (Å²) in [6.45, 7) is 6.55. The van der Waals surface area contributed by atoms with Gasteiger partial charge in [-0.25, -0.2) is 14.3 Å². The molecule has 182 valence electrons. The largest absolute Gasteiger partial charge is 0.489 e. The Morgan fingerprint density at radius 1 is 1.29 bits per heavy atom. The Bertz CT molecular complexity index is 1270. The van der Waals surface area contributed by atoms with E-state index in [1.165, 1.54) is 11.1 Å². The van der Waals surface area contributed by atoms with Crippen molar-refractivity contribution in [1.82, 2.24) is 19.5 Å². The Morgan fingerprint density at radius 3 is 2.71 bits per heavy atom. The van der Waals surface area contributed by atoms with Gasteiger partial charge in [-0.15, -0.1) is 0 Å². The van der Waals surface area contributed by atoms with Gasteiger partial charge in [-0.3, -0.25) is 0 Å². The number of ether oxygens (including phenoxy) is 3. The van der Waals surface area contributed by atoms with Crippen LogP contribution in [0, 0.1) is 11.3 Å². The number of hydrogen-bond donors (Lipinski definition) is 1. The summed E-state index contributed by atoms with van der Waals surface area (Å²) >= 11 is 0. The highest BCUT2D eigenvalue weighted by Gasteiger charge is 2.33. The Balaban J connectivity index is 1.39. The second kappa shape index (κ2) is 9.05. The van der Waals surface area contributed by atoms with Gasteiger partial charge in [0, 0.05) is 43.5 Å². The third-order valence-corrected chi connectivity index (χ3v) is 6.14. The number of aromatic nitrogens is 3. The third kappa shape index (κ3) is 4.71. The van der Waals surface area contributed by atoms with Crippen LogP contribution in [-0.4, -0.2) is 82.0 Å². The summed E-state index contributed by atoms with van der Waals surface area (Å²) in [6, 6.07) is 7.92. The van der Waals surface area contributed by atoms with Crippen molar-refractivity contribution in [3.8, 4) is 22.9 Å². The lowest BCUT2D eigenvalue weighted by Crippen LogP contribution is -2.48. The number of amides is 1. The fraction of sp³-hybridized carbons (Fsp3) is 0.417. The lowest BCUT2D eigenvalue weighted by Gasteiger charge is -2.33. The quantitative estimate of drug-likeness (QED) is 0.589. The van der Waals surface area contributed by atoms with Gasteiger partial charge >= 0.3 is 6.09 Å². The van der Waals surface area contributed by atoms with Gasteiger partial charge in [0.15, 0.2) is 5.79 Å². The van der Waals surface area contributed by atoms with Gasteiger partial charge in [-0.1, -0.05) is 0 Å². The van der Waals surface area contributed by atoms with E-state index in [9.17, 15) is 10.1 Å². The number of rotatable bonds is 5. The predicted octanol–water partition coefficient (Wildman–Crippen LogP) is 2.60. The summed E-state index contributed by atoms with van der Waals surface area (Å²) in [6.07, 6.45) is 3.94. The van der Waals surface area contributed by atoms with E-state index in [4.69, 9.17) is 19.3 Å². The molecule has 2 fully saturated rings. The summed E-state index contributed by atoms with van der Waals surface area (Å²) < 4.78 is 19.1. The van der Waals surface area contributed by atoms with Crippen LogP contribution in [0.15, 0.2) is 36.8 Å². The summed E-state index contributed by atoms with van der Waals surface area (Å²) in [5.74, 6) is 0.736. The number of pyridine rings is 2. The molecule has 1 atom stereocenters. The maximum absolute atomic E-state index is 11.2. The minimum atomic E-state index is -0.899. The highest BCUT2D eigenvalue weighted by atomic mass is 16.7. The first-order valence-corrected chi connectivity index (χ1v) is 11.4. The molecule has 0 bridgehead atoms. The van der Waals surface area contributed by atoms with E-state index >= 15 is 0 Å². The number of carboxylic acid groups (broad SMARTS) is 1. The lowest BCUT2D eigenvalue weighted by atomic mass is 10.1. The molecule has 3 aromatic rings. The first-order valence-electron chi connectivity index (χ1n) is 11.4. The molecule has 1 N–H and O–H groups in total. The number of fused-ring (bicyclic) bond motifs is 1. The van der Waals surface area contributed by atoms with E-state index in [0.29, 0.717) is 56.2 Å². The zero-order chi connectivity index (χ0) is 24.6. The number of anilines is 1. The Kier molecular flexibility index (Phi) is 5.92. The number of carbonyl (C=O) groups is 1. The maximum Gasteiger partial charge on any atom is 0.407 e. The van der Waals surface area contributed by atoms with E-state index in [1.807, 2.05) is 32.0 Å². The van der Waals surface area contributed by atoms with Gasteiger partial charge < -0.3 is 29.1 Å². The molecule has 0 spiro atoms. The molecule has 11 heteroatoms. The lowest BCUT2D eigenvalue weighted by molar-refractivity contribution is -0.141. The van der Waals surface area contributed by atoms with Crippen molar-refractivity contribution < 1.29 is 24.1 Å². The van der Waals surface area contributed by atoms with Crippen molar-refractivity contribution in [2.45, 2.75) is 25.7 Å². The molecule has 2 aliphatic rings. The van der Waals surface area contributed by atoms with Crippen LogP contribution in [0.3, 0.4) is 0 Å². The van der Waals surface area contributed by atoms with Gasteiger partial charge in [0.05, 0.1) is 30.1 Å². The van der Waals surface area contributed by atoms with Crippen molar-refractivity contribution in [2.24, 2.45) is 0 Å². The van der Waals surface area contributed by atoms with Crippen molar-refractivity contribution in [2.75, 3.05) is 44.3 Å². The molecule has 1 unspecified atom stereocenters. The van der Waals surface area contributed by atoms with Gasteiger partial charge in [0.1, 0.15) is 30.3 Å². The highest BCUT2D eigenvalue weighted by molar-refractivity contribution is 5.85. The van der Waals surface area contributed by atoms with Crippen LogP contribution in [0.5, 0.6) is 5.75 Å². The van der Waals surface area contributed by atoms with Crippen LogP contribution in [0.25, 0.3) is 16.6 Å². The molecule has 0 radical (unpaired) electrons. The summed E-state index contributed by atoms with van der Waals surface area (Å²) in [5.41, 5.74) is 2.71. The highest BCUT2D eigenvalue weighted by Crippen LogP contribution is 2.32. The van der Waals surface area contributed by atoms with E-state index < -0.39 is 11.9 Å². The van der Waals surface area contributed by atoms with E-state index in [1.54, 1.807) is 16.9 Å². The third-order valence-electron chi connectivity index (χ3n) is 6.14. The summed E-state index contributed by atoms with van der Waals surface area (Å²) in [5, 5.41) is 23.1. The van der Waals surface area contributed by atoms with E-state index in [0.717, 1.165) is 16.9 Å². The molecule has 11 nitrogen and oxygen atoms in total. The Morgan fingerprint density at radius 2 is 2.09 bits per heavy atom. The summed E-state index contributed by atoms with van der Waals surface area (Å²) in [4.78, 5) is 19.2. The zero-order valence-electron chi connectivity index (χ0n) is 19.5. The fourth-order valence-corrected chi connectivity index (χ4v) is 4.37. The first kappa shape index (κ1) is 22.9. The molecular formula is C24H26N6O5. The van der Waals surface area contributed by atoms with Gasteiger partial charge in [0.25, 0.3) is 0 Å². The van der Waals surface area contributed by atoms with Crippen molar-refractivity contribution in [3.05, 3.63) is 42.4 Å². The van der Waals surface area contributed by atoms with E-state index in [-0.39, 0.29) is 6.10 Å². The summed E-state index contributed by atoms with van der Waals surface area (Å²) in [7, 11) is 0. The second-order valence-electron chi connectivity index (χ2n) is 8.98. The standard InChI is InChI=1S/C24H26N6O5/c1-24(2)34-15-19(35-24)14-33-18-9-20(22-17(10-25)12-27-30(22)13-18)16-3-4-21(26-11-16)28-5-7-29(8-6-28)23(31)32/h3-4,9,11-13,19H,5-8,14-15H2,1-2H3,(H,31,32). The Labute approximate surface area is 202 Å². The van der Waals surface area contributed by atoms with Gasteiger partial charge in [-0.05, 0) is 32.0 Å². The van der Waals surface area contributed by atoms with Crippen LogP contribution in [0.2, 0.25) is 0 Å². The average molecular weight is 479 g/mol. The number of piperazine rings is 1. The van der Waals surface area contributed by atoms with Crippen molar-refractivity contribution in [3.63, 3.8) is 0 Å². The second-order valence-corrected chi connectivity index (χ2v) is 8.98. The molecule has 3 aromatic heterocycles. The van der Waals surface area contributed by atoms with Crippen molar-refractivity contribution >= 4 is 17.4 Å². The van der Waals surface area contributed by atoms with Crippen LogP contribution >= 0.6 is 0 Å². The molecule has 0 aliphatic carbocycles. The molecule has 2 aliphatic heterocycles. The molecule has 5 heterocycles. The Hall–Kier alpha value is -3.88. The minimum Gasteiger partial charge on any atom is -0.489 e. The van der Waals surface area contributed by atoms with Crippen LogP contribution in [0.4, 0.5) is 10.6 Å². The van der Waals surface area contributed by atoms with Gasteiger partial charge in [0.2, 0.25) is 0 Å². The zero-order valence-corrected chi connectivity index (χ0v) is 19.5. The molecule has 0 saturated carbocycles. The maximum atomic E-state index is 11.2. The number of nitrogens with zero attached hydrogens (tertiary/aromatic N) is 6. The van der Waals surface area contributed by atoms with Crippen LogP contribution in [-0.2, 0) is 9.47 Å². The smallest absolute Gasteiger partial charge is 0.407 e. The number of nitriles is 1. The fourth-order valence-electron chi connectivity index (χ4n) is 4.37. The SMILES string of the molecule is CC1(C)OCC(COc2cc(-c3ccc(N4CCN(C(=O)O)CC4)nc3)c3c(C#N)cnn3c2)O1. The minimum absolute atomic E-state index is 0.181. The first-order chi connectivity index (χ1) is 16.8. The normalized spacial score (nSPS) is 19.6. The van der Waals surface area contributed by atoms with Crippen LogP contribution < -0.4 is 9.64 Å². The molecule has 5 rings (SSSR count). The van der Waals surface area contributed by atoms with Gasteiger partial charge in [-0.2, -0.15) is 10.4 Å². The van der Waals surface area contributed by atoms with Crippen LogP contribution in [0.1, 0.15) is 19.4 Å². The number of hydrogen-bond acceptors (Lipinski definition) is 8. The molecule has 35 heavy (non-hydrogen) atoms. The predicted molar refractivity (Wildman–Crippen MR) is 125 cm³/mol. The monoisotopic (exact) mass is 478 g/mol. The molecular weight excluding hydrogens is 452 g/mol.